The van der Waals surface area contributed by atoms with Gasteiger partial charge >= 0.3 is 0 Å². The Balaban J connectivity index is 1.77. The Morgan fingerprint density at radius 1 is 0.935 bits per heavy atom. The van der Waals surface area contributed by atoms with Gasteiger partial charge in [-0.3, -0.25) is 14.6 Å². The highest BCUT2D eigenvalue weighted by Gasteiger charge is 2.48. The van der Waals surface area contributed by atoms with Gasteiger partial charge in [-0.2, -0.15) is 0 Å². The van der Waals surface area contributed by atoms with Gasteiger partial charge in [0.05, 0.1) is 11.1 Å². The van der Waals surface area contributed by atoms with Crippen LogP contribution in [-0.2, 0) is 20.4 Å². The number of benzene rings is 2. The number of amides is 2. The normalized spacial score (nSPS) is 19.1. The lowest BCUT2D eigenvalue weighted by Crippen LogP contribution is -2.58. The van der Waals surface area contributed by atoms with Crippen molar-refractivity contribution in [3.05, 3.63) is 102 Å². The fourth-order valence-electron chi connectivity index (χ4n) is 4.68. The third-order valence-corrected chi connectivity index (χ3v) is 6.54. The number of primary amides is 1. The number of hydrogen-bond donors (Lipinski definition) is 1. The molecule has 0 radical (unpaired) electrons. The molecule has 2 aromatic carbocycles. The van der Waals surface area contributed by atoms with Gasteiger partial charge in [-0.1, -0.05) is 66.7 Å². The number of carbonyl (C=O) groups excluding carboxylic acids is 2. The lowest BCUT2D eigenvalue weighted by Gasteiger charge is -2.44. The second-order valence-electron chi connectivity index (χ2n) is 8.35. The number of piperidine rings is 1. The highest BCUT2D eigenvalue weighted by Crippen LogP contribution is 2.38. The van der Waals surface area contributed by atoms with E-state index in [-0.39, 0.29) is 12.5 Å². The molecule has 0 saturated carbocycles. The van der Waals surface area contributed by atoms with E-state index in [1.54, 1.807) is 11.1 Å². The summed E-state index contributed by atoms with van der Waals surface area (Å²) in [6.07, 6.45) is 2.93. The first-order valence-corrected chi connectivity index (χ1v) is 10.6. The minimum atomic E-state index is -0.983. The summed E-state index contributed by atoms with van der Waals surface area (Å²) in [4.78, 5) is 33.0. The molecule has 1 unspecified atom stereocenters. The molecule has 2 heterocycles. The molecule has 1 atom stereocenters. The summed E-state index contributed by atoms with van der Waals surface area (Å²) in [7, 11) is 0. The quantitative estimate of drug-likeness (QED) is 0.696. The van der Waals surface area contributed by atoms with E-state index in [0.717, 1.165) is 11.1 Å². The SMILES string of the molecule is CC(C(=O)N1CCCC(C(N)=O)(c2ccccn2)C1)(c1ccccc1)c1ccccc1. The molecule has 0 bridgehead atoms. The maximum atomic E-state index is 14.1. The van der Waals surface area contributed by atoms with Gasteiger partial charge in [0.25, 0.3) is 0 Å². The van der Waals surface area contributed by atoms with Crippen molar-refractivity contribution in [1.29, 1.82) is 0 Å². The maximum absolute atomic E-state index is 14.1. The van der Waals surface area contributed by atoms with Crippen molar-refractivity contribution in [3.8, 4) is 0 Å². The van der Waals surface area contributed by atoms with E-state index in [9.17, 15) is 9.59 Å². The molecule has 1 aliphatic heterocycles. The monoisotopic (exact) mass is 413 g/mol. The molecular formula is C26H27N3O2. The number of carbonyl (C=O) groups is 2. The number of aromatic nitrogens is 1. The lowest BCUT2D eigenvalue weighted by molar-refractivity contribution is -0.139. The fraction of sp³-hybridized carbons (Fsp3) is 0.269. The van der Waals surface area contributed by atoms with Crippen molar-refractivity contribution >= 4 is 11.8 Å². The van der Waals surface area contributed by atoms with Gasteiger partial charge in [0.2, 0.25) is 11.8 Å². The molecule has 5 nitrogen and oxygen atoms in total. The van der Waals surface area contributed by atoms with Crippen LogP contribution < -0.4 is 5.73 Å². The van der Waals surface area contributed by atoms with Gasteiger partial charge in [0.1, 0.15) is 5.41 Å². The van der Waals surface area contributed by atoms with Crippen LogP contribution in [0.3, 0.4) is 0 Å². The standard InChI is InChI=1S/C26H27N3O2/c1-25(20-11-4-2-5-12-20,21-13-6-3-7-14-21)24(31)29-18-10-16-26(19-29,23(27)30)22-15-8-9-17-28-22/h2-9,11-15,17H,10,16,18-19H2,1H3,(H2,27,30). The Bertz CT molecular complexity index is 1010. The van der Waals surface area contributed by atoms with Crippen LogP contribution in [0.5, 0.6) is 0 Å². The van der Waals surface area contributed by atoms with Crippen LogP contribution in [0.1, 0.15) is 36.6 Å². The van der Waals surface area contributed by atoms with Crippen molar-refractivity contribution in [2.24, 2.45) is 5.73 Å². The van der Waals surface area contributed by atoms with Crippen LogP contribution in [0.2, 0.25) is 0 Å². The smallest absolute Gasteiger partial charge is 0.237 e. The van der Waals surface area contributed by atoms with Gasteiger partial charge in [-0.05, 0) is 43.0 Å². The van der Waals surface area contributed by atoms with Crippen LogP contribution in [0.25, 0.3) is 0 Å². The number of rotatable bonds is 5. The second-order valence-corrected chi connectivity index (χ2v) is 8.35. The molecule has 5 heteroatoms. The van der Waals surface area contributed by atoms with E-state index in [0.29, 0.717) is 25.1 Å². The molecule has 1 aromatic heterocycles. The van der Waals surface area contributed by atoms with Crippen molar-refractivity contribution in [3.63, 3.8) is 0 Å². The Morgan fingerprint density at radius 2 is 1.52 bits per heavy atom. The summed E-state index contributed by atoms with van der Waals surface area (Å²) in [5, 5.41) is 0. The van der Waals surface area contributed by atoms with Gasteiger partial charge in [-0.25, -0.2) is 0 Å². The average molecular weight is 414 g/mol. The fourth-order valence-corrected chi connectivity index (χ4v) is 4.68. The highest BCUT2D eigenvalue weighted by atomic mass is 16.2. The maximum Gasteiger partial charge on any atom is 0.237 e. The van der Waals surface area contributed by atoms with Gasteiger partial charge in [0, 0.05) is 19.3 Å². The van der Waals surface area contributed by atoms with E-state index in [2.05, 4.69) is 4.98 Å². The highest BCUT2D eigenvalue weighted by molar-refractivity contribution is 5.93. The number of hydrogen-bond acceptors (Lipinski definition) is 3. The summed E-state index contributed by atoms with van der Waals surface area (Å²) in [5.74, 6) is -0.476. The topological polar surface area (TPSA) is 76.3 Å². The zero-order valence-corrected chi connectivity index (χ0v) is 17.7. The summed E-state index contributed by atoms with van der Waals surface area (Å²) in [6, 6.07) is 25.1. The first-order chi connectivity index (χ1) is 15.0. The number of likely N-dealkylation sites (tertiary alicyclic amines) is 1. The molecule has 4 rings (SSSR count). The van der Waals surface area contributed by atoms with Crippen molar-refractivity contribution < 1.29 is 9.59 Å². The predicted octanol–water partition coefficient (Wildman–Crippen LogP) is 3.43. The summed E-state index contributed by atoms with van der Waals surface area (Å²) in [5.41, 5.74) is 6.50. The third kappa shape index (κ3) is 3.61. The van der Waals surface area contributed by atoms with Gasteiger partial charge in [0.15, 0.2) is 0 Å². The molecule has 1 fully saturated rings. The van der Waals surface area contributed by atoms with E-state index in [1.165, 1.54) is 0 Å². The third-order valence-electron chi connectivity index (χ3n) is 6.54. The molecule has 0 aliphatic carbocycles. The molecule has 2 N–H and O–H groups in total. The minimum absolute atomic E-state index is 0.0360. The van der Waals surface area contributed by atoms with Crippen LogP contribution in [-0.4, -0.2) is 34.8 Å². The average Bonchev–Trinajstić information content (AvgIpc) is 2.84. The Hall–Kier alpha value is -3.47. The summed E-state index contributed by atoms with van der Waals surface area (Å²) < 4.78 is 0. The molecule has 2 amide bonds. The first-order valence-electron chi connectivity index (χ1n) is 10.6. The van der Waals surface area contributed by atoms with Crippen LogP contribution >= 0.6 is 0 Å². The number of nitrogens with zero attached hydrogens (tertiary/aromatic N) is 2. The van der Waals surface area contributed by atoms with Crippen molar-refractivity contribution in [2.45, 2.75) is 30.6 Å². The molecule has 158 valence electrons. The van der Waals surface area contributed by atoms with E-state index < -0.39 is 16.7 Å². The minimum Gasteiger partial charge on any atom is -0.369 e. The second kappa shape index (κ2) is 8.34. The molecule has 1 saturated heterocycles. The van der Waals surface area contributed by atoms with Gasteiger partial charge < -0.3 is 10.6 Å². The molecule has 31 heavy (non-hydrogen) atoms. The largest absolute Gasteiger partial charge is 0.369 e. The number of nitrogens with two attached hydrogens (primary N) is 1. The van der Waals surface area contributed by atoms with Crippen molar-refractivity contribution in [2.75, 3.05) is 13.1 Å². The first kappa shape index (κ1) is 20.8. The molecule has 1 aliphatic rings. The van der Waals surface area contributed by atoms with Crippen LogP contribution in [0, 0.1) is 0 Å². The Morgan fingerprint density at radius 3 is 2.03 bits per heavy atom. The zero-order chi connectivity index (χ0) is 21.9. The summed E-state index contributed by atoms with van der Waals surface area (Å²) in [6.45, 7) is 2.77. The molecule has 3 aromatic rings. The van der Waals surface area contributed by atoms with Crippen LogP contribution in [0.4, 0.5) is 0 Å². The molecular weight excluding hydrogens is 386 g/mol. The van der Waals surface area contributed by atoms with Crippen LogP contribution in [0.15, 0.2) is 85.1 Å². The van der Waals surface area contributed by atoms with E-state index >= 15 is 0 Å². The Kier molecular flexibility index (Phi) is 5.59. The predicted molar refractivity (Wildman–Crippen MR) is 120 cm³/mol. The number of pyridine rings is 1. The zero-order valence-electron chi connectivity index (χ0n) is 17.7. The molecule has 0 spiro atoms. The summed E-state index contributed by atoms with van der Waals surface area (Å²) >= 11 is 0. The van der Waals surface area contributed by atoms with E-state index in [1.807, 2.05) is 85.8 Å². The lowest BCUT2D eigenvalue weighted by atomic mass is 9.72. The van der Waals surface area contributed by atoms with Crippen molar-refractivity contribution in [1.82, 2.24) is 9.88 Å². The van der Waals surface area contributed by atoms with E-state index in [4.69, 9.17) is 5.73 Å². The van der Waals surface area contributed by atoms with Gasteiger partial charge in [-0.15, -0.1) is 0 Å². The Labute approximate surface area is 182 Å².